The van der Waals surface area contributed by atoms with Crippen molar-refractivity contribution in [3.05, 3.63) is 30.0 Å². The number of ether oxygens (including phenoxy) is 1. The zero-order valence-electron chi connectivity index (χ0n) is 14.9. The molecule has 134 valence electrons. The molecule has 6 heteroatoms. The van der Waals surface area contributed by atoms with Crippen molar-refractivity contribution in [1.82, 2.24) is 20.4 Å². The van der Waals surface area contributed by atoms with E-state index < -0.39 is 0 Å². The number of carbonyl (C=O) groups is 1. The van der Waals surface area contributed by atoms with Crippen molar-refractivity contribution in [3.8, 4) is 0 Å². The lowest BCUT2D eigenvalue weighted by molar-refractivity contribution is -0.0840. The summed E-state index contributed by atoms with van der Waals surface area (Å²) in [4.78, 5) is 15.3. The zero-order valence-corrected chi connectivity index (χ0v) is 14.9. The normalized spacial score (nSPS) is 26.9. The molecule has 4 rings (SSSR count). The first-order valence-corrected chi connectivity index (χ1v) is 9.19. The van der Waals surface area contributed by atoms with E-state index in [0.717, 1.165) is 43.5 Å². The standard InChI is InChI=1S/C19H26N4O2/c1-12(2)9-23-14-7-13(8-15(23)11-25-10-14)20-19(24)18-16-5-3-4-6-17(16)21-22-18/h3-6,12-15H,7-11H2,1-2H3,(H,20,24)(H,21,22)/t13-,14-,15+. The summed E-state index contributed by atoms with van der Waals surface area (Å²) < 4.78 is 5.76. The summed E-state index contributed by atoms with van der Waals surface area (Å²) in [7, 11) is 0. The van der Waals surface area contributed by atoms with E-state index in [1.54, 1.807) is 0 Å². The lowest BCUT2D eigenvalue weighted by atomic mass is 9.89. The molecule has 25 heavy (non-hydrogen) atoms. The number of aromatic amines is 1. The summed E-state index contributed by atoms with van der Waals surface area (Å²) in [5, 5.41) is 11.2. The van der Waals surface area contributed by atoms with Crippen LogP contribution in [0.2, 0.25) is 0 Å². The van der Waals surface area contributed by atoms with Crippen LogP contribution in [-0.2, 0) is 4.74 Å². The van der Waals surface area contributed by atoms with Crippen molar-refractivity contribution in [2.75, 3.05) is 19.8 Å². The van der Waals surface area contributed by atoms with Crippen LogP contribution < -0.4 is 5.32 Å². The third kappa shape index (κ3) is 3.28. The van der Waals surface area contributed by atoms with Gasteiger partial charge in [0.2, 0.25) is 0 Å². The number of H-pyrrole nitrogens is 1. The number of fused-ring (bicyclic) bond motifs is 3. The van der Waals surface area contributed by atoms with E-state index >= 15 is 0 Å². The van der Waals surface area contributed by atoms with Crippen molar-refractivity contribution in [2.45, 2.75) is 44.8 Å². The van der Waals surface area contributed by atoms with E-state index in [1.807, 2.05) is 24.3 Å². The lowest BCUT2D eigenvalue weighted by Crippen LogP contribution is -2.61. The molecule has 2 aliphatic rings. The molecule has 0 aliphatic carbocycles. The van der Waals surface area contributed by atoms with E-state index in [9.17, 15) is 4.79 Å². The highest BCUT2D eigenvalue weighted by Gasteiger charge is 2.39. The Kier molecular flexibility index (Phi) is 4.48. The maximum absolute atomic E-state index is 12.7. The number of piperidine rings is 1. The Hall–Kier alpha value is -1.92. The van der Waals surface area contributed by atoms with Crippen LogP contribution in [-0.4, -0.2) is 58.9 Å². The molecule has 2 bridgehead atoms. The zero-order chi connectivity index (χ0) is 17.4. The molecule has 1 aromatic carbocycles. The maximum atomic E-state index is 12.7. The van der Waals surface area contributed by atoms with Crippen LogP contribution in [0, 0.1) is 5.92 Å². The van der Waals surface area contributed by atoms with E-state index in [1.165, 1.54) is 0 Å². The Morgan fingerprint density at radius 2 is 2.04 bits per heavy atom. The van der Waals surface area contributed by atoms with Crippen molar-refractivity contribution in [3.63, 3.8) is 0 Å². The summed E-state index contributed by atoms with van der Waals surface area (Å²) in [5.41, 5.74) is 1.38. The minimum Gasteiger partial charge on any atom is -0.378 e. The number of aromatic nitrogens is 2. The molecule has 0 spiro atoms. The van der Waals surface area contributed by atoms with Gasteiger partial charge in [-0.05, 0) is 24.8 Å². The number of amides is 1. The van der Waals surface area contributed by atoms with Gasteiger partial charge in [-0.3, -0.25) is 14.8 Å². The number of nitrogens with zero attached hydrogens (tertiary/aromatic N) is 2. The predicted octanol–water partition coefficient (Wildman–Crippen LogP) is 2.18. The van der Waals surface area contributed by atoms with Gasteiger partial charge in [-0.15, -0.1) is 0 Å². The molecular formula is C19H26N4O2. The maximum Gasteiger partial charge on any atom is 0.272 e. The molecule has 2 N–H and O–H groups in total. The van der Waals surface area contributed by atoms with E-state index in [0.29, 0.717) is 23.7 Å². The van der Waals surface area contributed by atoms with Gasteiger partial charge in [-0.25, -0.2) is 0 Å². The second kappa shape index (κ2) is 6.77. The first-order valence-electron chi connectivity index (χ1n) is 9.19. The minimum atomic E-state index is -0.0845. The third-order valence-electron chi connectivity index (χ3n) is 5.27. The molecule has 0 unspecified atom stereocenters. The molecule has 2 saturated heterocycles. The molecule has 6 nitrogen and oxygen atoms in total. The number of morpholine rings is 1. The summed E-state index contributed by atoms with van der Waals surface area (Å²) in [6.07, 6.45) is 1.88. The molecule has 0 saturated carbocycles. The van der Waals surface area contributed by atoms with Crippen LogP contribution in [0.25, 0.3) is 10.9 Å². The Morgan fingerprint density at radius 1 is 1.32 bits per heavy atom. The van der Waals surface area contributed by atoms with Gasteiger partial charge in [-0.1, -0.05) is 32.0 Å². The SMILES string of the molecule is CC(C)CN1[C@@H]2COC[C@H]1C[C@@H](NC(=O)c1n[nH]c3ccccc13)C2. The molecule has 3 heterocycles. The monoisotopic (exact) mass is 342 g/mol. The molecule has 3 atom stereocenters. The van der Waals surface area contributed by atoms with Gasteiger partial charge in [0.25, 0.3) is 5.91 Å². The van der Waals surface area contributed by atoms with Crippen LogP contribution in [0.4, 0.5) is 0 Å². The summed E-state index contributed by atoms with van der Waals surface area (Å²) in [5.74, 6) is 0.559. The van der Waals surface area contributed by atoms with Crippen molar-refractivity contribution < 1.29 is 9.53 Å². The highest BCUT2D eigenvalue weighted by Crippen LogP contribution is 2.29. The Labute approximate surface area is 147 Å². The van der Waals surface area contributed by atoms with Crippen LogP contribution in [0.15, 0.2) is 24.3 Å². The largest absolute Gasteiger partial charge is 0.378 e. The average molecular weight is 342 g/mol. The molecule has 2 fully saturated rings. The molecule has 2 aliphatic heterocycles. The highest BCUT2D eigenvalue weighted by atomic mass is 16.5. The number of carbonyl (C=O) groups excluding carboxylic acids is 1. The number of hydrogen-bond acceptors (Lipinski definition) is 4. The average Bonchev–Trinajstić information content (AvgIpc) is 2.99. The van der Waals surface area contributed by atoms with Gasteiger partial charge in [0.15, 0.2) is 5.69 Å². The van der Waals surface area contributed by atoms with E-state index in [2.05, 4.69) is 34.3 Å². The summed E-state index contributed by atoms with van der Waals surface area (Å²) in [6, 6.07) is 8.72. The number of hydrogen-bond donors (Lipinski definition) is 2. The fraction of sp³-hybridized carbons (Fsp3) is 0.579. The molecule has 1 amide bonds. The van der Waals surface area contributed by atoms with Crippen molar-refractivity contribution in [1.29, 1.82) is 0 Å². The fourth-order valence-corrected chi connectivity index (χ4v) is 4.22. The van der Waals surface area contributed by atoms with Gasteiger partial charge < -0.3 is 10.1 Å². The Morgan fingerprint density at radius 3 is 2.76 bits per heavy atom. The predicted molar refractivity (Wildman–Crippen MR) is 96.5 cm³/mol. The van der Waals surface area contributed by atoms with Gasteiger partial charge >= 0.3 is 0 Å². The first-order chi connectivity index (χ1) is 12.1. The van der Waals surface area contributed by atoms with Gasteiger partial charge in [0.05, 0.1) is 18.7 Å². The molecule has 1 aromatic heterocycles. The Balaban J connectivity index is 1.46. The number of benzene rings is 1. The number of para-hydroxylation sites is 1. The quantitative estimate of drug-likeness (QED) is 0.893. The lowest BCUT2D eigenvalue weighted by Gasteiger charge is -2.49. The highest BCUT2D eigenvalue weighted by molar-refractivity contribution is 6.04. The molecule has 0 radical (unpaired) electrons. The van der Waals surface area contributed by atoms with Gasteiger partial charge in [0, 0.05) is 30.1 Å². The number of nitrogens with one attached hydrogen (secondary N) is 2. The van der Waals surface area contributed by atoms with Crippen LogP contribution >= 0.6 is 0 Å². The van der Waals surface area contributed by atoms with Crippen molar-refractivity contribution >= 4 is 16.8 Å². The topological polar surface area (TPSA) is 70.2 Å². The Bertz CT molecular complexity index is 743. The molecule has 2 aromatic rings. The first kappa shape index (κ1) is 16.5. The van der Waals surface area contributed by atoms with E-state index in [4.69, 9.17) is 4.74 Å². The summed E-state index contributed by atoms with van der Waals surface area (Å²) in [6.45, 7) is 7.14. The second-order valence-electron chi connectivity index (χ2n) is 7.70. The van der Waals surface area contributed by atoms with Gasteiger partial charge in [-0.2, -0.15) is 5.10 Å². The van der Waals surface area contributed by atoms with Crippen molar-refractivity contribution in [2.24, 2.45) is 5.92 Å². The molecular weight excluding hydrogens is 316 g/mol. The van der Waals surface area contributed by atoms with Gasteiger partial charge in [0.1, 0.15) is 0 Å². The van der Waals surface area contributed by atoms with E-state index in [-0.39, 0.29) is 11.9 Å². The second-order valence-corrected chi connectivity index (χ2v) is 7.70. The van der Waals surface area contributed by atoms with Crippen LogP contribution in [0.1, 0.15) is 37.2 Å². The summed E-state index contributed by atoms with van der Waals surface area (Å²) >= 11 is 0. The fourth-order valence-electron chi connectivity index (χ4n) is 4.22. The van der Waals surface area contributed by atoms with Crippen LogP contribution in [0.5, 0.6) is 0 Å². The van der Waals surface area contributed by atoms with Crippen LogP contribution in [0.3, 0.4) is 0 Å². The smallest absolute Gasteiger partial charge is 0.272 e. The third-order valence-corrected chi connectivity index (χ3v) is 5.27. The minimum absolute atomic E-state index is 0.0845. The number of rotatable bonds is 4.